The molecule has 1 unspecified atom stereocenters. The Balaban J connectivity index is 2.30. The molecule has 0 saturated carbocycles. The predicted octanol–water partition coefficient (Wildman–Crippen LogP) is 2.51. The molecule has 0 amide bonds. The second-order valence-corrected chi connectivity index (χ2v) is 4.29. The molecule has 17 heavy (non-hydrogen) atoms. The Morgan fingerprint density at radius 2 is 2.24 bits per heavy atom. The summed E-state index contributed by atoms with van der Waals surface area (Å²) in [6.07, 6.45) is -2.57. The molecule has 0 spiro atoms. The van der Waals surface area contributed by atoms with Gasteiger partial charge in [-0.1, -0.05) is 0 Å². The largest absolute Gasteiger partial charge is 0.419 e. The van der Waals surface area contributed by atoms with Gasteiger partial charge in [0.15, 0.2) is 0 Å². The molecule has 0 radical (unpaired) electrons. The molecule has 3 nitrogen and oxygen atoms in total. The second kappa shape index (κ2) is 4.50. The van der Waals surface area contributed by atoms with Crippen LogP contribution in [0.3, 0.4) is 0 Å². The van der Waals surface area contributed by atoms with Crippen LogP contribution >= 0.6 is 11.3 Å². The van der Waals surface area contributed by atoms with Crippen molar-refractivity contribution < 1.29 is 13.2 Å². The summed E-state index contributed by atoms with van der Waals surface area (Å²) in [5.41, 5.74) is 5.69. The standard InChI is InChI=1S/C10H10F3N3S/c11-10(12,13)8-4-15-16(5-8)9(3-14)7-1-2-17-6-7/h1-2,4-6,9H,3,14H2. The number of nitrogens with two attached hydrogens (primary N) is 1. The first-order valence-corrected chi connectivity index (χ1v) is 5.80. The van der Waals surface area contributed by atoms with Crippen LogP contribution in [0.2, 0.25) is 0 Å². The maximum absolute atomic E-state index is 12.4. The van der Waals surface area contributed by atoms with Crippen molar-refractivity contribution >= 4 is 11.3 Å². The molecule has 7 heteroatoms. The molecule has 2 aromatic rings. The van der Waals surface area contributed by atoms with Gasteiger partial charge in [0.25, 0.3) is 0 Å². The first-order valence-electron chi connectivity index (χ1n) is 4.86. The van der Waals surface area contributed by atoms with E-state index in [2.05, 4.69) is 5.10 Å². The highest BCUT2D eigenvalue weighted by Gasteiger charge is 2.32. The van der Waals surface area contributed by atoms with Crippen LogP contribution in [0.5, 0.6) is 0 Å². The molecular formula is C10H10F3N3S. The van der Waals surface area contributed by atoms with Gasteiger partial charge in [-0.2, -0.15) is 29.6 Å². The Kier molecular flexibility index (Phi) is 3.21. The molecule has 0 fully saturated rings. The van der Waals surface area contributed by atoms with Crippen molar-refractivity contribution in [2.24, 2.45) is 5.73 Å². The zero-order valence-corrected chi connectivity index (χ0v) is 9.50. The lowest BCUT2D eigenvalue weighted by molar-refractivity contribution is -0.137. The van der Waals surface area contributed by atoms with Crippen LogP contribution < -0.4 is 5.73 Å². The highest BCUT2D eigenvalue weighted by Crippen LogP contribution is 2.30. The van der Waals surface area contributed by atoms with Crippen molar-refractivity contribution in [1.29, 1.82) is 0 Å². The Hall–Kier alpha value is -1.34. The van der Waals surface area contributed by atoms with E-state index in [-0.39, 0.29) is 12.6 Å². The summed E-state index contributed by atoms with van der Waals surface area (Å²) in [5, 5.41) is 7.44. The molecule has 2 N–H and O–H groups in total. The average molecular weight is 261 g/mol. The molecule has 0 aliphatic rings. The molecule has 2 rings (SSSR count). The van der Waals surface area contributed by atoms with Gasteiger partial charge in [-0.3, -0.25) is 4.68 Å². The van der Waals surface area contributed by atoms with Gasteiger partial charge in [0.2, 0.25) is 0 Å². The summed E-state index contributed by atoms with van der Waals surface area (Å²) in [6, 6.07) is 1.48. The molecule has 2 heterocycles. The summed E-state index contributed by atoms with van der Waals surface area (Å²) >= 11 is 1.47. The van der Waals surface area contributed by atoms with Gasteiger partial charge >= 0.3 is 6.18 Å². The maximum Gasteiger partial charge on any atom is 0.419 e. The van der Waals surface area contributed by atoms with E-state index in [0.717, 1.165) is 18.0 Å². The topological polar surface area (TPSA) is 43.8 Å². The van der Waals surface area contributed by atoms with Crippen LogP contribution in [-0.4, -0.2) is 16.3 Å². The maximum atomic E-state index is 12.4. The number of halogens is 3. The smallest absolute Gasteiger partial charge is 0.328 e. The third kappa shape index (κ3) is 2.50. The predicted molar refractivity (Wildman–Crippen MR) is 58.7 cm³/mol. The van der Waals surface area contributed by atoms with E-state index in [4.69, 9.17) is 5.73 Å². The van der Waals surface area contributed by atoms with E-state index in [1.165, 1.54) is 16.0 Å². The van der Waals surface area contributed by atoms with Gasteiger partial charge in [0, 0.05) is 12.7 Å². The molecule has 1 atom stereocenters. The van der Waals surface area contributed by atoms with Crippen LogP contribution in [-0.2, 0) is 6.18 Å². The lowest BCUT2D eigenvalue weighted by Crippen LogP contribution is -2.20. The van der Waals surface area contributed by atoms with Crippen molar-refractivity contribution in [2.45, 2.75) is 12.2 Å². The summed E-state index contributed by atoms with van der Waals surface area (Å²) in [6.45, 7) is 0.204. The number of aromatic nitrogens is 2. The number of rotatable bonds is 3. The zero-order valence-electron chi connectivity index (χ0n) is 8.69. The van der Waals surface area contributed by atoms with Crippen LogP contribution in [0, 0.1) is 0 Å². The van der Waals surface area contributed by atoms with E-state index < -0.39 is 11.7 Å². The third-order valence-electron chi connectivity index (χ3n) is 2.40. The van der Waals surface area contributed by atoms with Crippen LogP contribution in [0.4, 0.5) is 13.2 Å². The van der Waals surface area contributed by atoms with Gasteiger partial charge in [-0.15, -0.1) is 0 Å². The molecule has 0 bridgehead atoms. The van der Waals surface area contributed by atoms with Crippen molar-refractivity contribution in [1.82, 2.24) is 9.78 Å². The minimum Gasteiger partial charge on any atom is -0.328 e. The van der Waals surface area contributed by atoms with Crippen LogP contribution in [0.25, 0.3) is 0 Å². The zero-order chi connectivity index (χ0) is 12.5. The normalized spacial score (nSPS) is 13.9. The average Bonchev–Trinajstić information content (AvgIpc) is 2.87. The summed E-state index contributed by atoms with van der Waals surface area (Å²) in [4.78, 5) is 0. The van der Waals surface area contributed by atoms with E-state index in [9.17, 15) is 13.2 Å². The van der Waals surface area contributed by atoms with Crippen molar-refractivity contribution in [3.05, 3.63) is 40.3 Å². The Morgan fingerprint density at radius 3 is 2.71 bits per heavy atom. The number of hydrogen-bond donors (Lipinski definition) is 1. The number of nitrogens with zero attached hydrogens (tertiary/aromatic N) is 2. The summed E-state index contributed by atoms with van der Waals surface area (Å²) in [5.74, 6) is 0. The Morgan fingerprint density at radius 1 is 1.47 bits per heavy atom. The fourth-order valence-electron chi connectivity index (χ4n) is 1.52. The molecule has 0 aromatic carbocycles. The van der Waals surface area contributed by atoms with Gasteiger partial charge < -0.3 is 5.73 Å². The van der Waals surface area contributed by atoms with Gasteiger partial charge in [-0.25, -0.2) is 0 Å². The quantitative estimate of drug-likeness (QED) is 0.922. The van der Waals surface area contributed by atoms with Crippen molar-refractivity contribution in [3.63, 3.8) is 0 Å². The fraction of sp³-hybridized carbons (Fsp3) is 0.300. The molecule has 92 valence electrons. The Labute approximate surface area is 99.7 Å². The number of thiophene rings is 1. The molecule has 0 saturated heterocycles. The molecule has 0 aliphatic carbocycles. The highest BCUT2D eigenvalue weighted by atomic mass is 32.1. The van der Waals surface area contributed by atoms with E-state index in [1.807, 2.05) is 16.8 Å². The van der Waals surface area contributed by atoms with Crippen molar-refractivity contribution in [2.75, 3.05) is 6.54 Å². The van der Waals surface area contributed by atoms with Gasteiger partial charge in [0.1, 0.15) is 0 Å². The van der Waals surface area contributed by atoms with Crippen molar-refractivity contribution in [3.8, 4) is 0 Å². The minimum absolute atomic E-state index is 0.204. The van der Waals surface area contributed by atoms with Gasteiger partial charge in [0.05, 0.1) is 17.8 Å². The van der Waals surface area contributed by atoms with E-state index in [0.29, 0.717) is 0 Å². The first-order chi connectivity index (χ1) is 8.02. The lowest BCUT2D eigenvalue weighted by Gasteiger charge is -2.13. The molecule has 0 aliphatic heterocycles. The summed E-state index contributed by atoms with van der Waals surface area (Å²) in [7, 11) is 0. The molecule has 2 aromatic heterocycles. The van der Waals surface area contributed by atoms with E-state index >= 15 is 0 Å². The number of hydrogen-bond acceptors (Lipinski definition) is 3. The SMILES string of the molecule is NCC(c1ccsc1)n1cc(C(F)(F)F)cn1. The summed E-state index contributed by atoms with van der Waals surface area (Å²) < 4.78 is 38.5. The minimum atomic E-state index is -4.37. The number of alkyl halides is 3. The third-order valence-corrected chi connectivity index (χ3v) is 3.10. The van der Waals surface area contributed by atoms with E-state index in [1.54, 1.807) is 0 Å². The molecular weight excluding hydrogens is 251 g/mol. The lowest BCUT2D eigenvalue weighted by atomic mass is 10.1. The second-order valence-electron chi connectivity index (χ2n) is 3.51. The van der Waals surface area contributed by atoms with Crippen LogP contribution in [0.1, 0.15) is 17.2 Å². The van der Waals surface area contributed by atoms with Crippen LogP contribution in [0.15, 0.2) is 29.2 Å². The Bertz CT molecular complexity index is 475. The first kappa shape index (κ1) is 12.1. The highest BCUT2D eigenvalue weighted by molar-refractivity contribution is 7.07. The fourth-order valence-corrected chi connectivity index (χ4v) is 2.22. The monoisotopic (exact) mass is 261 g/mol. The van der Waals surface area contributed by atoms with Gasteiger partial charge in [-0.05, 0) is 22.4 Å².